The van der Waals surface area contributed by atoms with Gasteiger partial charge in [-0.1, -0.05) is 18.9 Å². The van der Waals surface area contributed by atoms with Gasteiger partial charge in [0.15, 0.2) is 0 Å². The first-order valence-corrected chi connectivity index (χ1v) is 7.91. The van der Waals surface area contributed by atoms with E-state index in [9.17, 15) is 17.6 Å². The molecule has 1 saturated carbocycles. The highest BCUT2D eigenvalue weighted by atomic mass is 32.2. The molecule has 1 aliphatic rings. The summed E-state index contributed by atoms with van der Waals surface area (Å²) in [6.07, 6.45) is 0.0695. The molecule has 1 aromatic carbocycles. The Balaban J connectivity index is 2.05. The molecule has 1 aromatic rings. The molecule has 118 valence electrons. The van der Waals surface area contributed by atoms with Crippen LogP contribution in [-0.2, 0) is 6.18 Å². The van der Waals surface area contributed by atoms with Crippen molar-refractivity contribution in [2.75, 3.05) is 5.75 Å². The summed E-state index contributed by atoms with van der Waals surface area (Å²) < 4.78 is 51.2. The Morgan fingerprint density at radius 1 is 1.29 bits per heavy atom. The van der Waals surface area contributed by atoms with E-state index in [1.807, 2.05) is 0 Å². The molecule has 0 spiro atoms. The number of hydrogen-bond donors (Lipinski definition) is 2. The van der Waals surface area contributed by atoms with E-state index in [0.29, 0.717) is 16.6 Å². The van der Waals surface area contributed by atoms with Crippen LogP contribution in [0.2, 0.25) is 0 Å². The molecule has 0 heterocycles. The minimum absolute atomic E-state index is 0.354. The quantitative estimate of drug-likeness (QED) is 0.488. The molecule has 0 bridgehead atoms. The molecular formula is C14H18F4N2S. The van der Waals surface area contributed by atoms with Gasteiger partial charge in [0.2, 0.25) is 0 Å². The number of hydrogen-bond acceptors (Lipinski definition) is 3. The van der Waals surface area contributed by atoms with E-state index in [2.05, 4.69) is 5.43 Å². The van der Waals surface area contributed by atoms with Gasteiger partial charge in [-0.2, -0.15) is 24.9 Å². The van der Waals surface area contributed by atoms with Crippen molar-refractivity contribution in [3.63, 3.8) is 0 Å². The van der Waals surface area contributed by atoms with Gasteiger partial charge in [-0.3, -0.25) is 11.3 Å². The van der Waals surface area contributed by atoms with Gasteiger partial charge in [0.25, 0.3) is 0 Å². The number of alkyl halides is 3. The van der Waals surface area contributed by atoms with Crippen molar-refractivity contribution in [3.8, 4) is 0 Å². The van der Waals surface area contributed by atoms with E-state index in [1.54, 1.807) is 11.8 Å². The summed E-state index contributed by atoms with van der Waals surface area (Å²) in [7, 11) is 0. The molecule has 0 aliphatic heterocycles. The Morgan fingerprint density at radius 3 is 2.48 bits per heavy atom. The van der Waals surface area contributed by atoms with Gasteiger partial charge in [0.1, 0.15) is 5.82 Å². The summed E-state index contributed by atoms with van der Waals surface area (Å²) in [5.41, 5.74) is 1.75. The van der Waals surface area contributed by atoms with E-state index in [0.717, 1.165) is 25.0 Å². The summed E-state index contributed by atoms with van der Waals surface area (Å²) in [6.45, 7) is 0. The van der Waals surface area contributed by atoms with Crippen LogP contribution >= 0.6 is 11.8 Å². The summed E-state index contributed by atoms with van der Waals surface area (Å²) in [5.74, 6) is 4.81. The van der Waals surface area contributed by atoms with Gasteiger partial charge in [-0.25, -0.2) is 4.39 Å². The predicted molar refractivity (Wildman–Crippen MR) is 76.2 cm³/mol. The second-order valence-electron chi connectivity index (χ2n) is 5.20. The summed E-state index contributed by atoms with van der Waals surface area (Å²) in [6, 6.07) is 2.62. The zero-order chi connectivity index (χ0) is 15.5. The second-order valence-corrected chi connectivity index (χ2v) is 6.53. The van der Waals surface area contributed by atoms with Gasteiger partial charge in [-0.15, -0.1) is 0 Å². The monoisotopic (exact) mass is 322 g/mol. The van der Waals surface area contributed by atoms with Crippen LogP contribution in [0.4, 0.5) is 17.6 Å². The molecule has 7 heteroatoms. The highest BCUT2D eigenvalue weighted by Gasteiger charge is 2.34. The van der Waals surface area contributed by atoms with Crippen molar-refractivity contribution in [2.24, 2.45) is 5.84 Å². The SMILES string of the molecule is NNC(CSC1CCCC1)c1ccc(C(F)(F)F)c(F)c1. The molecule has 1 unspecified atom stereocenters. The second kappa shape index (κ2) is 6.98. The first-order chi connectivity index (χ1) is 9.91. The Labute approximate surface area is 125 Å². The Kier molecular flexibility index (Phi) is 5.51. The molecule has 1 fully saturated rings. The van der Waals surface area contributed by atoms with Crippen LogP contribution in [0, 0.1) is 5.82 Å². The number of nitrogens with two attached hydrogens (primary N) is 1. The molecule has 0 saturated heterocycles. The lowest BCUT2D eigenvalue weighted by molar-refractivity contribution is -0.140. The standard InChI is InChI=1S/C14H18F4N2S/c15-12-7-9(5-6-11(12)14(16,17)18)13(20-19)8-21-10-3-1-2-4-10/h5-7,10,13,20H,1-4,8,19H2. The minimum Gasteiger partial charge on any atom is -0.271 e. The van der Waals surface area contributed by atoms with Gasteiger partial charge in [0.05, 0.1) is 11.6 Å². The first-order valence-electron chi connectivity index (χ1n) is 6.86. The fraction of sp³-hybridized carbons (Fsp3) is 0.571. The number of hydrazine groups is 1. The third-order valence-electron chi connectivity index (χ3n) is 3.70. The van der Waals surface area contributed by atoms with Crippen molar-refractivity contribution in [3.05, 3.63) is 35.1 Å². The molecule has 1 aliphatic carbocycles. The number of halogens is 4. The lowest BCUT2D eigenvalue weighted by atomic mass is 10.1. The maximum absolute atomic E-state index is 13.6. The van der Waals surface area contributed by atoms with Gasteiger partial charge >= 0.3 is 6.18 Å². The largest absolute Gasteiger partial charge is 0.419 e. The molecule has 1 atom stereocenters. The lowest BCUT2D eigenvalue weighted by Gasteiger charge is -2.19. The fourth-order valence-electron chi connectivity index (χ4n) is 2.51. The number of thioether (sulfide) groups is 1. The van der Waals surface area contributed by atoms with Gasteiger partial charge < -0.3 is 0 Å². The van der Waals surface area contributed by atoms with E-state index < -0.39 is 17.6 Å². The highest BCUT2D eigenvalue weighted by Crippen LogP contribution is 2.34. The molecule has 2 rings (SSSR count). The van der Waals surface area contributed by atoms with E-state index in [4.69, 9.17) is 5.84 Å². The van der Waals surface area contributed by atoms with Crippen LogP contribution < -0.4 is 11.3 Å². The Morgan fingerprint density at radius 2 is 1.95 bits per heavy atom. The van der Waals surface area contributed by atoms with Crippen molar-refractivity contribution in [1.29, 1.82) is 0 Å². The molecule has 0 radical (unpaired) electrons. The molecule has 0 aromatic heterocycles. The third-order valence-corrected chi connectivity index (χ3v) is 5.17. The molecule has 21 heavy (non-hydrogen) atoms. The van der Waals surface area contributed by atoms with Crippen molar-refractivity contribution < 1.29 is 17.6 Å². The normalized spacial score (nSPS) is 18.1. The summed E-state index contributed by atoms with van der Waals surface area (Å²) in [4.78, 5) is 0. The van der Waals surface area contributed by atoms with Gasteiger partial charge in [0, 0.05) is 11.0 Å². The zero-order valence-corrected chi connectivity index (χ0v) is 12.2. The predicted octanol–water partition coefficient (Wildman–Crippen LogP) is 4.02. The Bertz CT molecular complexity index is 473. The van der Waals surface area contributed by atoms with E-state index >= 15 is 0 Å². The van der Waals surface area contributed by atoms with Crippen LogP contribution in [-0.4, -0.2) is 11.0 Å². The molecule has 0 amide bonds. The molecular weight excluding hydrogens is 304 g/mol. The number of rotatable bonds is 5. The average Bonchev–Trinajstić information content (AvgIpc) is 2.91. The summed E-state index contributed by atoms with van der Waals surface area (Å²) >= 11 is 1.74. The zero-order valence-electron chi connectivity index (χ0n) is 11.4. The third kappa shape index (κ3) is 4.34. The maximum Gasteiger partial charge on any atom is 0.419 e. The first kappa shape index (κ1) is 16.6. The van der Waals surface area contributed by atoms with E-state index in [-0.39, 0.29) is 6.04 Å². The fourth-order valence-corrected chi connectivity index (χ4v) is 3.93. The van der Waals surface area contributed by atoms with E-state index in [1.165, 1.54) is 18.9 Å². The van der Waals surface area contributed by atoms with Gasteiger partial charge in [-0.05, 0) is 30.5 Å². The van der Waals surface area contributed by atoms with Crippen molar-refractivity contribution >= 4 is 11.8 Å². The van der Waals surface area contributed by atoms with Crippen LogP contribution in [0.5, 0.6) is 0 Å². The minimum atomic E-state index is -4.67. The lowest BCUT2D eigenvalue weighted by Crippen LogP contribution is -2.30. The van der Waals surface area contributed by atoms with Crippen molar-refractivity contribution in [1.82, 2.24) is 5.43 Å². The van der Waals surface area contributed by atoms with Crippen LogP contribution in [0.1, 0.15) is 42.9 Å². The maximum atomic E-state index is 13.6. The molecule has 3 N–H and O–H groups in total. The van der Waals surface area contributed by atoms with Crippen molar-refractivity contribution in [2.45, 2.75) is 43.2 Å². The van der Waals surface area contributed by atoms with Crippen LogP contribution in [0.25, 0.3) is 0 Å². The van der Waals surface area contributed by atoms with Crippen LogP contribution in [0.3, 0.4) is 0 Å². The summed E-state index contributed by atoms with van der Waals surface area (Å²) in [5, 5.41) is 0.570. The van der Waals surface area contributed by atoms with Crippen LogP contribution in [0.15, 0.2) is 18.2 Å². The smallest absolute Gasteiger partial charge is 0.271 e. The number of nitrogens with one attached hydrogen (secondary N) is 1. The number of benzene rings is 1. The highest BCUT2D eigenvalue weighted by molar-refractivity contribution is 7.99. The molecule has 2 nitrogen and oxygen atoms in total. The Hall–Kier alpha value is -0.790. The topological polar surface area (TPSA) is 38.0 Å². The average molecular weight is 322 g/mol.